The Morgan fingerprint density at radius 2 is 1.89 bits per heavy atom. The minimum atomic E-state index is -3.67. The van der Waals surface area contributed by atoms with Crippen molar-refractivity contribution in [2.24, 2.45) is 5.10 Å². The minimum Gasteiger partial charge on any atom is -0.497 e. The Morgan fingerprint density at radius 3 is 2.50 bits per heavy atom. The molecule has 0 aromatic heterocycles. The monoisotopic (exact) mass is 405 g/mol. The maximum Gasteiger partial charge on any atom is 0.260 e. The van der Waals surface area contributed by atoms with Crippen LogP contribution in [0.3, 0.4) is 0 Å². The Kier molecular flexibility index (Phi) is 7.39. The number of carbonyl (C=O) groups is 1. The number of nitrogens with one attached hydrogen (secondary N) is 1. The fourth-order valence-corrected chi connectivity index (χ4v) is 3.18. The van der Waals surface area contributed by atoms with Crippen LogP contribution in [0.4, 0.5) is 5.69 Å². The molecule has 0 atom stereocenters. The number of rotatable bonds is 9. The van der Waals surface area contributed by atoms with Gasteiger partial charge in [0.25, 0.3) is 5.91 Å². The first-order valence-electron chi connectivity index (χ1n) is 8.50. The SMILES string of the molecule is CCOc1ccc(/C=N\NC(=O)CN(c2cccc(OC)c2)S(C)(=O)=O)cc1. The normalized spacial score (nSPS) is 11.2. The van der Waals surface area contributed by atoms with Crippen molar-refractivity contribution in [2.75, 3.05) is 30.8 Å². The summed E-state index contributed by atoms with van der Waals surface area (Å²) >= 11 is 0. The van der Waals surface area contributed by atoms with E-state index in [1.165, 1.54) is 19.4 Å². The van der Waals surface area contributed by atoms with Crippen LogP contribution in [0.1, 0.15) is 12.5 Å². The van der Waals surface area contributed by atoms with Crippen molar-refractivity contribution in [1.29, 1.82) is 0 Å². The highest BCUT2D eigenvalue weighted by Gasteiger charge is 2.21. The number of nitrogens with zero attached hydrogens (tertiary/aromatic N) is 2. The molecule has 0 saturated heterocycles. The number of hydrogen-bond acceptors (Lipinski definition) is 6. The number of hydrogen-bond donors (Lipinski definition) is 1. The summed E-state index contributed by atoms with van der Waals surface area (Å²) in [6.07, 6.45) is 2.49. The van der Waals surface area contributed by atoms with Crippen LogP contribution in [-0.2, 0) is 14.8 Å². The van der Waals surface area contributed by atoms with E-state index >= 15 is 0 Å². The van der Waals surface area contributed by atoms with Gasteiger partial charge < -0.3 is 9.47 Å². The van der Waals surface area contributed by atoms with Crippen LogP contribution in [0.25, 0.3) is 0 Å². The number of hydrazone groups is 1. The average molecular weight is 405 g/mol. The van der Waals surface area contributed by atoms with Gasteiger partial charge in [-0.05, 0) is 48.9 Å². The molecule has 2 rings (SSSR count). The molecule has 0 aliphatic carbocycles. The summed E-state index contributed by atoms with van der Waals surface area (Å²) in [6, 6.07) is 13.6. The Hall–Kier alpha value is -3.07. The second-order valence-electron chi connectivity index (χ2n) is 5.77. The summed E-state index contributed by atoms with van der Waals surface area (Å²) in [5.74, 6) is 0.654. The van der Waals surface area contributed by atoms with Crippen molar-refractivity contribution in [3.8, 4) is 11.5 Å². The third-order valence-electron chi connectivity index (χ3n) is 3.62. The summed E-state index contributed by atoms with van der Waals surface area (Å²) in [4.78, 5) is 12.2. The summed E-state index contributed by atoms with van der Waals surface area (Å²) in [5.41, 5.74) is 3.42. The maximum absolute atomic E-state index is 12.2. The van der Waals surface area contributed by atoms with Crippen LogP contribution in [0.5, 0.6) is 11.5 Å². The molecule has 150 valence electrons. The van der Waals surface area contributed by atoms with Crippen LogP contribution in [0.2, 0.25) is 0 Å². The highest BCUT2D eigenvalue weighted by atomic mass is 32.2. The van der Waals surface area contributed by atoms with Gasteiger partial charge in [0.15, 0.2) is 0 Å². The number of ether oxygens (including phenoxy) is 2. The molecule has 9 heteroatoms. The van der Waals surface area contributed by atoms with Gasteiger partial charge in [0.05, 0.1) is 31.9 Å². The fourth-order valence-electron chi connectivity index (χ4n) is 2.33. The van der Waals surface area contributed by atoms with Crippen molar-refractivity contribution in [1.82, 2.24) is 5.43 Å². The third-order valence-corrected chi connectivity index (χ3v) is 4.76. The first kappa shape index (κ1) is 21.2. The standard InChI is InChI=1S/C19H23N3O5S/c1-4-27-17-10-8-15(9-11-17)13-20-21-19(23)14-22(28(3,24)25)16-6-5-7-18(12-16)26-2/h5-13H,4,14H2,1-3H3,(H,21,23)/b20-13-. The number of methoxy groups -OCH3 is 1. The molecule has 0 heterocycles. The van der Waals surface area contributed by atoms with E-state index in [2.05, 4.69) is 10.5 Å². The quantitative estimate of drug-likeness (QED) is 0.508. The van der Waals surface area contributed by atoms with Gasteiger partial charge in [0.2, 0.25) is 10.0 Å². The molecule has 28 heavy (non-hydrogen) atoms. The van der Waals surface area contributed by atoms with E-state index in [0.717, 1.165) is 21.9 Å². The van der Waals surface area contributed by atoms with Crippen LogP contribution >= 0.6 is 0 Å². The zero-order valence-electron chi connectivity index (χ0n) is 16.0. The van der Waals surface area contributed by atoms with E-state index in [9.17, 15) is 13.2 Å². The van der Waals surface area contributed by atoms with Gasteiger partial charge in [-0.3, -0.25) is 9.10 Å². The van der Waals surface area contributed by atoms with Gasteiger partial charge in [-0.25, -0.2) is 13.8 Å². The highest BCUT2D eigenvalue weighted by molar-refractivity contribution is 7.92. The largest absolute Gasteiger partial charge is 0.497 e. The molecule has 0 spiro atoms. The first-order chi connectivity index (χ1) is 13.3. The average Bonchev–Trinajstić information content (AvgIpc) is 2.67. The predicted octanol–water partition coefficient (Wildman–Crippen LogP) is 2.01. The summed E-state index contributed by atoms with van der Waals surface area (Å²) in [7, 11) is -2.20. The van der Waals surface area contributed by atoms with Crippen molar-refractivity contribution in [3.05, 3.63) is 54.1 Å². The van der Waals surface area contributed by atoms with Gasteiger partial charge in [0, 0.05) is 6.07 Å². The minimum absolute atomic E-state index is 0.326. The van der Waals surface area contributed by atoms with Crippen LogP contribution in [-0.4, -0.2) is 47.1 Å². The molecular formula is C19H23N3O5S. The molecule has 0 fully saturated rings. The molecule has 8 nitrogen and oxygen atoms in total. The second-order valence-corrected chi connectivity index (χ2v) is 7.67. The molecule has 0 bridgehead atoms. The summed E-state index contributed by atoms with van der Waals surface area (Å²) in [5, 5.41) is 3.87. The predicted molar refractivity (Wildman–Crippen MR) is 109 cm³/mol. The van der Waals surface area contributed by atoms with E-state index in [1.54, 1.807) is 42.5 Å². The van der Waals surface area contributed by atoms with Crippen molar-refractivity contribution < 1.29 is 22.7 Å². The lowest BCUT2D eigenvalue weighted by Crippen LogP contribution is -2.39. The van der Waals surface area contributed by atoms with Gasteiger partial charge in [-0.2, -0.15) is 5.10 Å². The number of benzene rings is 2. The lowest BCUT2D eigenvalue weighted by molar-refractivity contribution is -0.119. The van der Waals surface area contributed by atoms with E-state index in [0.29, 0.717) is 18.0 Å². The molecule has 0 unspecified atom stereocenters. The molecule has 1 amide bonds. The Balaban J connectivity index is 2.03. The van der Waals surface area contributed by atoms with E-state index in [-0.39, 0.29) is 0 Å². The number of carbonyl (C=O) groups excluding carboxylic acids is 1. The van der Waals surface area contributed by atoms with Crippen LogP contribution in [0, 0.1) is 0 Å². The molecule has 1 N–H and O–H groups in total. The lowest BCUT2D eigenvalue weighted by Gasteiger charge is -2.21. The van der Waals surface area contributed by atoms with E-state index in [4.69, 9.17) is 9.47 Å². The smallest absolute Gasteiger partial charge is 0.260 e. The molecule has 2 aromatic rings. The first-order valence-corrected chi connectivity index (χ1v) is 10.3. The van der Waals surface area contributed by atoms with Gasteiger partial charge in [-0.15, -0.1) is 0 Å². The lowest BCUT2D eigenvalue weighted by atomic mass is 10.2. The third kappa shape index (κ3) is 6.27. The molecule has 0 saturated carbocycles. The molecular weight excluding hydrogens is 382 g/mol. The number of amides is 1. The van der Waals surface area contributed by atoms with Crippen LogP contribution < -0.4 is 19.2 Å². The molecule has 0 aliphatic rings. The highest BCUT2D eigenvalue weighted by Crippen LogP contribution is 2.22. The van der Waals surface area contributed by atoms with Crippen molar-refractivity contribution >= 4 is 27.8 Å². The van der Waals surface area contributed by atoms with Crippen LogP contribution in [0.15, 0.2) is 53.6 Å². The molecule has 2 aromatic carbocycles. The number of sulfonamides is 1. The summed E-state index contributed by atoms with van der Waals surface area (Å²) < 4.78 is 35.6. The summed E-state index contributed by atoms with van der Waals surface area (Å²) in [6.45, 7) is 2.07. The zero-order chi connectivity index (χ0) is 20.6. The van der Waals surface area contributed by atoms with Crippen molar-refractivity contribution in [3.63, 3.8) is 0 Å². The topological polar surface area (TPSA) is 97.3 Å². The van der Waals surface area contributed by atoms with Gasteiger partial charge in [0.1, 0.15) is 18.0 Å². The van der Waals surface area contributed by atoms with Gasteiger partial charge >= 0.3 is 0 Å². The Bertz CT molecular complexity index is 927. The van der Waals surface area contributed by atoms with E-state index in [1.807, 2.05) is 6.92 Å². The molecule has 0 aliphatic heterocycles. The van der Waals surface area contributed by atoms with Crippen molar-refractivity contribution in [2.45, 2.75) is 6.92 Å². The van der Waals surface area contributed by atoms with E-state index < -0.39 is 22.5 Å². The Labute approximate surface area is 164 Å². The Morgan fingerprint density at radius 1 is 1.18 bits per heavy atom. The second kappa shape index (κ2) is 9.75. The number of anilines is 1. The fraction of sp³-hybridized carbons (Fsp3) is 0.263. The maximum atomic E-state index is 12.2. The molecule has 0 radical (unpaired) electrons. The zero-order valence-corrected chi connectivity index (χ0v) is 16.8. The van der Waals surface area contributed by atoms with Gasteiger partial charge in [-0.1, -0.05) is 6.07 Å².